The van der Waals surface area contributed by atoms with Crippen LogP contribution in [0.1, 0.15) is 17.9 Å². The van der Waals surface area contributed by atoms with Gasteiger partial charge >= 0.3 is 0 Å². The zero-order valence-corrected chi connectivity index (χ0v) is 14.0. The van der Waals surface area contributed by atoms with E-state index in [-0.39, 0.29) is 5.91 Å². The fourth-order valence-electron chi connectivity index (χ4n) is 2.37. The van der Waals surface area contributed by atoms with E-state index in [2.05, 4.69) is 10.3 Å². The molecule has 0 atom stereocenters. The Morgan fingerprint density at radius 2 is 1.83 bits per heavy atom. The average Bonchev–Trinajstić information content (AvgIpc) is 2.97. The van der Waals surface area contributed by atoms with Crippen molar-refractivity contribution in [3.8, 4) is 11.5 Å². The molecule has 4 nitrogen and oxygen atoms in total. The fraction of sp³-hybridized carbons (Fsp3) is 0.158. The molecule has 0 aliphatic heterocycles. The van der Waals surface area contributed by atoms with Crippen LogP contribution in [0, 0.1) is 6.92 Å². The predicted octanol–water partition coefficient (Wildman–Crippen LogP) is 4.87. The van der Waals surface area contributed by atoms with Gasteiger partial charge in [-0.15, -0.1) is 0 Å². The summed E-state index contributed by atoms with van der Waals surface area (Å²) >= 11 is 6.04. The highest BCUT2D eigenvalue weighted by Crippen LogP contribution is 2.23. The molecule has 1 heterocycles. The van der Waals surface area contributed by atoms with E-state index in [1.165, 1.54) is 0 Å². The summed E-state index contributed by atoms with van der Waals surface area (Å²) in [5, 5.41) is 3.33. The molecule has 1 N–H and O–H groups in total. The minimum atomic E-state index is -0.105. The number of aromatic nitrogens is 1. The molecule has 3 rings (SSSR count). The molecule has 0 aliphatic rings. The van der Waals surface area contributed by atoms with Gasteiger partial charge in [0.15, 0.2) is 0 Å². The minimum absolute atomic E-state index is 0.105. The van der Waals surface area contributed by atoms with Crippen molar-refractivity contribution in [1.29, 1.82) is 0 Å². The van der Waals surface area contributed by atoms with Gasteiger partial charge in [-0.1, -0.05) is 41.9 Å². The van der Waals surface area contributed by atoms with Crippen molar-refractivity contribution in [2.75, 3.05) is 5.32 Å². The van der Waals surface area contributed by atoms with Crippen LogP contribution in [0.15, 0.2) is 59.0 Å². The van der Waals surface area contributed by atoms with Crippen LogP contribution in [0.25, 0.3) is 11.5 Å². The molecule has 0 bridgehead atoms. The first-order valence-corrected chi connectivity index (χ1v) is 8.07. The number of hydrogen-bond donors (Lipinski definition) is 1. The Morgan fingerprint density at radius 1 is 1.12 bits per heavy atom. The molecule has 0 unspecified atom stereocenters. The SMILES string of the molecule is Cc1oc(-c2ccccc2)nc1CCC(=O)Nc1ccccc1Cl. The predicted molar refractivity (Wildman–Crippen MR) is 95.1 cm³/mol. The third-order valence-corrected chi connectivity index (χ3v) is 3.98. The second kappa shape index (κ2) is 7.32. The van der Waals surface area contributed by atoms with Gasteiger partial charge in [-0.05, 0) is 31.2 Å². The number of amides is 1. The van der Waals surface area contributed by atoms with Gasteiger partial charge in [-0.25, -0.2) is 4.98 Å². The third kappa shape index (κ3) is 3.84. The number of anilines is 1. The average molecular weight is 341 g/mol. The van der Waals surface area contributed by atoms with Crippen LogP contribution < -0.4 is 5.32 Å². The largest absolute Gasteiger partial charge is 0.441 e. The summed E-state index contributed by atoms with van der Waals surface area (Å²) in [7, 11) is 0. The summed E-state index contributed by atoms with van der Waals surface area (Å²) in [6.45, 7) is 1.86. The van der Waals surface area contributed by atoms with Gasteiger partial charge in [0, 0.05) is 18.4 Å². The van der Waals surface area contributed by atoms with Crippen LogP contribution in [0.2, 0.25) is 5.02 Å². The molecule has 1 aromatic heterocycles. The lowest BCUT2D eigenvalue weighted by Gasteiger charge is -2.06. The molecule has 5 heteroatoms. The van der Waals surface area contributed by atoms with Crippen molar-refractivity contribution in [2.24, 2.45) is 0 Å². The fourth-order valence-corrected chi connectivity index (χ4v) is 2.55. The van der Waals surface area contributed by atoms with Crippen LogP contribution in [0.4, 0.5) is 5.69 Å². The third-order valence-electron chi connectivity index (χ3n) is 3.65. The number of aryl methyl sites for hydroxylation is 2. The first kappa shape index (κ1) is 16.3. The molecule has 24 heavy (non-hydrogen) atoms. The molecule has 0 radical (unpaired) electrons. The summed E-state index contributed by atoms with van der Waals surface area (Å²) in [5.74, 6) is 1.21. The van der Waals surface area contributed by atoms with Gasteiger partial charge < -0.3 is 9.73 Å². The molecular formula is C19H17ClN2O2. The lowest BCUT2D eigenvalue weighted by molar-refractivity contribution is -0.116. The van der Waals surface area contributed by atoms with Gasteiger partial charge in [-0.2, -0.15) is 0 Å². The summed E-state index contributed by atoms with van der Waals surface area (Å²) < 4.78 is 5.71. The van der Waals surface area contributed by atoms with Crippen molar-refractivity contribution < 1.29 is 9.21 Å². The molecule has 0 aliphatic carbocycles. The lowest BCUT2D eigenvalue weighted by atomic mass is 10.2. The van der Waals surface area contributed by atoms with Crippen molar-refractivity contribution in [1.82, 2.24) is 4.98 Å². The highest BCUT2D eigenvalue weighted by molar-refractivity contribution is 6.33. The summed E-state index contributed by atoms with van der Waals surface area (Å²) in [6, 6.07) is 16.9. The van der Waals surface area contributed by atoms with E-state index in [1.807, 2.05) is 49.4 Å². The van der Waals surface area contributed by atoms with Crippen LogP contribution >= 0.6 is 11.6 Å². The zero-order chi connectivity index (χ0) is 16.9. The molecule has 0 saturated heterocycles. The number of nitrogens with one attached hydrogen (secondary N) is 1. The van der Waals surface area contributed by atoms with E-state index in [0.717, 1.165) is 17.0 Å². The van der Waals surface area contributed by atoms with E-state index in [0.29, 0.717) is 29.4 Å². The van der Waals surface area contributed by atoms with Crippen LogP contribution in [-0.4, -0.2) is 10.9 Å². The molecule has 122 valence electrons. The first-order chi connectivity index (χ1) is 11.6. The topological polar surface area (TPSA) is 55.1 Å². The highest BCUT2D eigenvalue weighted by atomic mass is 35.5. The molecular weight excluding hydrogens is 324 g/mol. The number of nitrogens with zero attached hydrogens (tertiary/aromatic N) is 1. The first-order valence-electron chi connectivity index (χ1n) is 7.69. The van der Waals surface area contributed by atoms with E-state index in [4.69, 9.17) is 16.0 Å². The second-order valence-electron chi connectivity index (χ2n) is 5.42. The molecule has 1 amide bonds. The number of rotatable bonds is 5. The monoisotopic (exact) mass is 340 g/mol. The Kier molecular flexibility index (Phi) is 4.96. The normalized spacial score (nSPS) is 10.6. The second-order valence-corrected chi connectivity index (χ2v) is 5.82. The number of halogens is 1. The highest BCUT2D eigenvalue weighted by Gasteiger charge is 2.13. The van der Waals surface area contributed by atoms with E-state index in [9.17, 15) is 4.79 Å². The number of carbonyl (C=O) groups is 1. The van der Waals surface area contributed by atoms with Crippen molar-refractivity contribution in [3.63, 3.8) is 0 Å². The Morgan fingerprint density at radius 3 is 2.58 bits per heavy atom. The standard InChI is InChI=1S/C19H17ClN2O2/c1-13-16(22-19(24-13)14-7-3-2-4-8-14)11-12-18(23)21-17-10-6-5-9-15(17)20/h2-10H,11-12H2,1H3,(H,21,23). The summed E-state index contributed by atoms with van der Waals surface area (Å²) in [6.07, 6.45) is 0.825. The molecule has 0 fully saturated rings. The van der Waals surface area contributed by atoms with Crippen molar-refractivity contribution in [3.05, 3.63) is 71.1 Å². The number of para-hydroxylation sites is 1. The van der Waals surface area contributed by atoms with Gasteiger partial charge in [0.2, 0.25) is 11.8 Å². The summed E-state index contributed by atoms with van der Waals surface area (Å²) in [5.41, 5.74) is 2.33. The van der Waals surface area contributed by atoms with E-state index >= 15 is 0 Å². The Balaban J connectivity index is 1.64. The number of benzene rings is 2. The van der Waals surface area contributed by atoms with Gasteiger partial charge in [0.05, 0.1) is 16.4 Å². The smallest absolute Gasteiger partial charge is 0.226 e. The number of hydrogen-bond acceptors (Lipinski definition) is 3. The lowest BCUT2D eigenvalue weighted by Crippen LogP contribution is -2.12. The Hall–Kier alpha value is -2.59. The van der Waals surface area contributed by atoms with Crippen molar-refractivity contribution in [2.45, 2.75) is 19.8 Å². The van der Waals surface area contributed by atoms with Gasteiger partial charge in [0.1, 0.15) is 5.76 Å². The maximum absolute atomic E-state index is 12.1. The number of oxazole rings is 1. The van der Waals surface area contributed by atoms with Gasteiger partial charge in [-0.3, -0.25) is 4.79 Å². The van der Waals surface area contributed by atoms with Crippen LogP contribution in [0.3, 0.4) is 0 Å². The molecule has 0 saturated carbocycles. The molecule has 3 aromatic rings. The van der Waals surface area contributed by atoms with E-state index in [1.54, 1.807) is 12.1 Å². The Bertz CT molecular complexity index is 844. The number of carbonyl (C=O) groups excluding carboxylic acids is 1. The minimum Gasteiger partial charge on any atom is -0.441 e. The van der Waals surface area contributed by atoms with Crippen LogP contribution in [0.5, 0.6) is 0 Å². The van der Waals surface area contributed by atoms with Crippen molar-refractivity contribution >= 4 is 23.2 Å². The molecule has 2 aromatic carbocycles. The summed E-state index contributed by atoms with van der Waals surface area (Å²) in [4.78, 5) is 16.6. The zero-order valence-electron chi connectivity index (χ0n) is 13.3. The maximum atomic E-state index is 12.1. The van der Waals surface area contributed by atoms with E-state index < -0.39 is 0 Å². The van der Waals surface area contributed by atoms with Crippen LogP contribution in [-0.2, 0) is 11.2 Å². The van der Waals surface area contributed by atoms with Gasteiger partial charge in [0.25, 0.3) is 0 Å². The quantitative estimate of drug-likeness (QED) is 0.720. The molecule has 0 spiro atoms. The Labute approximate surface area is 145 Å². The maximum Gasteiger partial charge on any atom is 0.226 e.